The molecule has 1 aromatic carbocycles. The summed E-state index contributed by atoms with van der Waals surface area (Å²) in [5, 5.41) is 4.86. The van der Waals surface area contributed by atoms with Crippen LogP contribution in [0.5, 0.6) is 5.75 Å². The van der Waals surface area contributed by atoms with Crippen molar-refractivity contribution in [2.24, 2.45) is 7.05 Å². The molecular formula is C15H17ClN2O2. The quantitative estimate of drug-likeness (QED) is 0.792. The van der Waals surface area contributed by atoms with Gasteiger partial charge < -0.3 is 4.74 Å². The molecule has 0 saturated heterocycles. The lowest BCUT2D eigenvalue weighted by atomic mass is 10.1. The Kier molecular flexibility index (Phi) is 4.45. The SMILES string of the molecule is CCC(=O)c1ccc(OCc2c(Cl)c(C)nn2C)cc1. The summed E-state index contributed by atoms with van der Waals surface area (Å²) in [6, 6.07) is 7.13. The lowest BCUT2D eigenvalue weighted by Gasteiger charge is -2.07. The summed E-state index contributed by atoms with van der Waals surface area (Å²) < 4.78 is 7.39. The van der Waals surface area contributed by atoms with Gasteiger partial charge in [-0.3, -0.25) is 9.48 Å². The Labute approximate surface area is 123 Å². The van der Waals surface area contributed by atoms with Crippen LogP contribution in [0.1, 0.15) is 35.1 Å². The Morgan fingerprint density at radius 3 is 2.50 bits per heavy atom. The van der Waals surface area contributed by atoms with Crippen molar-refractivity contribution in [3.8, 4) is 5.75 Å². The molecule has 0 aliphatic carbocycles. The van der Waals surface area contributed by atoms with Crippen molar-refractivity contribution in [2.45, 2.75) is 26.9 Å². The second kappa shape index (κ2) is 6.09. The fraction of sp³-hybridized carbons (Fsp3) is 0.333. The van der Waals surface area contributed by atoms with Crippen LogP contribution in [0.2, 0.25) is 5.02 Å². The van der Waals surface area contributed by atoms with Crippen LogP contribution in [-0.2, 0) is 13.7 Å². The Balaban J connectivity index is 2.06. The van der Waals surface area contributed by atoms with Crippen molar-refractivity contribution < 1.29 is 9.53 Å². The molecule has 1 aromatic heterocycles. The minimum atomic E-state index is 0.127. The topological polar surface area (TPSA) is 44.1 Å². The van der Waals surface area contributed by atoms with Gasteiger partial charge in [0, 0.05) is 19.0 Å². The van der Waals surface area contributed by atoms with Crippen LogP contribution in [-0.4, -0.2) is 15.6 Å². The molecule has 0 aliphatic rings. The van der Waals surface area contributed by atoms with Crippen LogP contribution in [0, 0.1) is 6.92 Å². The maximum Gasteiger partial charge on any atom is 0.162 e. The molecule has 2 rings (SSSR count). The highest BCUT2D eigenvalue weighted by molar-refractivity contribution is 6.31. The van der Waals surface area contributed by atoms with Gasteiger partial charge in [-0.05, 0) is 31.2 Å². The van der Waals surface area contributed by atoms with E-state index in [1.807, 2.05) is 20.9 Å². The van der Waals surface area contributed by atoms with E-state index in [4.69, 9.17) is 16.3 Å². The number of benzene rings is 1. The van der Waals surface area contributed by atoms with Crippen LogP contribution in [0.25, 0.3) is 0 Å². The zero-order valence-corrected chi connectivity index (χ0v) is 12.6. The average molecular weight is 293 g/mol. The van der Waals surface area contributed by atoms with Gasteiger partial charge in [-0.15, -0.1) is 0 Å². The number of ketones is 1. The molecule has 0 fully saturated rings. The van der Waals surface area contributed by atoms with Crippen LogP contribution in [0.15, 0.2) is 24.3 Å². The van der Waals surface area contributed by atoms with Crippen LogP contribution >= 0.6 is 11.6 Å². The van der Waals surface area contributed by atoms with Gasteiger partial charge in [-0.25, -0.2) is 0 Å². The molecule has 5 heteroatoms. The predicted octanol–water partition coefficient (Wildman–Crippen LogP) is 3.55. The fourth-order valence-electron chi connectivity index (χ4n) is 1.93. The van der Waals surface area contributed by atoms with E-state index < -0.39 is 0 Å². The lowest BCUT2D eigenvalue weighted by molar-refractivity contribution is 0.0988. The van der Waals surface area contributed by atoms with E-state index in [-0.39, 0.29) is 5.78 Å². The highest BCUT2D eigenvalue weighted by Crippen LogP contribution is 2.21. The molecule has 0 radical (unpaired) electrons. The number of Topliss-reactive ketones (excluding diaryl/α,β-unsaturated/α-hetero) is 1. The summed E-state index contributed by atoms with van der Waals surface area (Å²) >= 11 is 6.16. The van der Waals surface area contributed by atoms with Crippen molar-refractivity contribution in [1.29, 1.82) is 0 Å². The number of hydrogen-bond acceptors (Lipinski definition) is 3. The lowest BCUT2D eigenvalue weighted by Crippen LogP contribution is -2.04. The van der Waals surface area contributed by atoms with Gasteiger partial charge >= 0.3 is 0 Å². The van der Waals surface area contributed by atoms with Crippen LogP contribution in [0.4, 0.5) is 0 Å². The molecule has 2 aromatic rings. The maximum absolute atomic E-state index is 11.5. The van der Waals surface area contributed by atoms with Gasteiger partial charge in [0.25, 0.3) is 0 Å². The summed E-state index contributed by atoms with van der Waals surface area (Å²) in [7, 11) is 1.83. The number of hydrogen-bond donors (Lipinski definition) is 0. The third kappa shape index (κ3) is 3.02. The summed E-state index contributed by atoms with van der Waals surface area (Å²) in [5.74, 6) is 0.828. The van der Waals surface area contributed by atoms with Crippen molar-refractivity contribution in [2.75, 3.05) is 0 Å². The molecular weight excluding hydrogens is 276 g/mol. The number of carbonyl (C=O) groups is 1. The van der Waals surface area contributed by atoms with E-state index >= 15 is 0 Å². The molecule has 4 nitrogen and oxygen atoms in total. The zero-order valence-electron chi connectivity index (χ0n) is 11.8. The molecule has 0 bridgehead atoms. The van der Waals surface area contributed by atoms with Gasteiger partial charge in [0.05, 0.1) is 16.4 Å². The number of carbonyl (C=O) groups excluding carboxylic acids is 1. The number of aryl methyl sites for hydroxylation is 2. The average Bonchev–Trinajstić information content (AvgIpc) is 2.70. The van der Waals surface area contributed by atoms with E-state index in [9.17, 15) is 4.79 Å². The first-order valence-electron chi connectivity index (χ1n) is 6.47. The molecule has 0 amide bonds. The Hall–Kier alpha value is -1.81. The largest absolute Gasteiger partial charge is 0.487 e. The summed E-state index contributed by atoms with van der Waals surface area (Å²) in [6.45, 7) is 4.05. The molecule has 20 heavy (non-hydrogen) atoms. The minimum Gasteiger partial charge on any atom is -0.487 e. The van der Waals surface area contributed by atoms with Crippen molar-refractivity contribution in [3.05, 3.63) is 46.2 Å². The number of halogens is 1. The number of aromatic nitrogens is 2. The van der Waals surface area contributed by atoms with Gasteiger partial charge in [-0.2, -0.15) is 5.10 Å². The van der Waals surface area contributed by atoms with Crippen LogP contribution in [0.3, 0.4) is 0 Å². The summed E-state index contributed by atoms with van der Waals surface area (Å²) in [4.78, 5) is 11.5. The third-order valence-corrected chi connectivity index (χ3v) is 3.63. The number of rotatable bonds is 5. The molecule has 1 heterocycles. The van der Waals surface area contributed by atoms with E-state index in [0.717, 1.165) is 11.4 Å². The Bertz CT molecular complexity index is 618. The Morgan fingerprint density at radius 1 is 1.35 bits per heavy atom. The normalized spacial score (nSPS) is 10.6. The van der Waals surface area contributed by atoms with Gasteiger partial charge in [-0.1, -0.05) is 18.5 Å². The summed E-state index contributed by atoms with van der Waals surface area (Å²) in [5.41, 5.74) is 2.32. The molecule has 106 valence electrons. The summed E-state index contributed by atoms with van der Waals surface area (Å²) in [6.07, 6.45) is 0.504. The molecule has 0 saturated carbocycles. The Morgan fingerprint density at radius 2 is 2.00 bits per heavy atom. The first-order chi connectivity index (χ1) is 9.52. The first-order valence-corrected chi connectivity index (χ1v) is 6.84. The van der Waals surface area contributed by atoms with Crippen molar-refractivity contribution >= 4 is 17.4 Å². The van der Waals surface area contributed by atoms with Crippen molar-refractivity contribution in [1.82, 2.24) is 9.78 Å². The standard InChI is InChI=1S/C15H17ClN2O2/c1-4-14(19)11-5-7-12(8-6-11)20-9-13-15(16)10(2)17-18(13)3/h5-8H,4,9H2,1-3H3. The predicted molar refractivity (Wildman–Crippen MR) is 78.4 cm³/mol. The van der Waals surface area contributed by atoms with Gasteiger partial charge in [0.15, 0.2) is 5.78 Å². The number of nitrogens with zero attached hydrogens (tertiary/aromatic N) is 2. The van der Waals surface area contributed by atoms with Gasteiger partial charge in [0.1, 0.15) is 12.4 Å². The van der Waals surface area contributed by atoms with E-state index in [0.29, 0.717) is 29.4 Å². The molecule has 0 spiro atoms. The molecule has 0 aliphatic heterocycles. The third-order valence-electron chi connectivity index (χ3n) is 3.13. The molecule has 0 atom stereocenters. The van der Waals surface area contributed by atoms with Crippen molar-refractivity contribution in [3.63, 3.8) is 0 Å². The van der Waals surface area contributed by atoms with Gasteiger partial charge in [0.2, 0.25) is 0 Å². The van der Waals surface area contributed by atoms with E-state index in [1.165, 1.54) is 0 Å². The molecule has 0 unspecified atom stereocenters. The fourth-order valence-corrected chi connectivity index (χ4v) is 2.14. The van der Waals surface area contributed by atoms with E-state index in [2.05, 4.69) is 5.10 Å². The second-order valence-electron chi connectivity index (χ2n) is 4.56. The monoisotopic (exact) mass is 292 g/mol. The smallest absolute Gasteiger partial charge is 0.162 e. The molecule has 0 N–H and O–H groups in total. The van der Waals surface area contributed by atoms with Crippen LogP contribution < -0.4 is 4.74 Å². The van der Waals surface area contributed by atoms with E-state index in [1.54, 1.807) is 28.9 Å². The zero-order chi connectivity index (χ0) is 14.7. The number of ether oxygens (including phenoxy) is 1. The first kappa shape index (κ1) is 14.6. The highest BCUT2D eigenvalue weighted by Gasteiger charge is 2.11. The minimum absolute atomic E-state index is 0.127. The highest BCUT2D eigenvalue weighted by atomic mass is 35.5. The maximum atomic E-state index is 11.5. The second-order valence-corrected chi connectivity index (χ2v) is 4.94.